The van der Waals surface area contributed by atoms with Gasteiger partial charge < -0.3 is 10.0 Å². The van der Waals surface area contributed by atoms with Gasteiger partial charge in [-0.05, 0) is 36.2 Å². The summed E-state index contributed by atoms with van der Waals surface area (Å²) in [5, 5.41) is 11.5. The van der Waals surface area contributed by atoms with Crippen molar-refractivity contribution in [2.24, 2.45) is 0 Å². The smallest absolute Gasteiger partial charge is 0.295 e. The van der Waals surface area contributed by atoms with Gasteiger partial charge >= 0.3 is 0 Å². The summed E-state index contributed by atoms with van der Waals surface area (Å²) in [6.45, 7) is 2.67. The Morgan fingerprint density at radius 1 is 0.933 bits per heavy atom. The molecule has 1 unspecified atom stereocenters. The number of carbonyl (C=O) groups excluding carboxylic acids is 2. The first-order valence-electron chi connectivity index (χ1n) is 10.6. The number of unbranched alkanes of at least 4 members (excludes halogenated alkanes) is 5. The van der Waals surface area contributed by atoms with E-state index in [1.807, 2.05) is 30.3 Å². The van der Waals surface area contributed by atoms with Crippen LogP contribution in [0.2, 0.25) is 5.02 Å². The molecule has 2 aromatic rings. The fourth-order valence-electron chi connectivity index (χ4n) is 3.92. The molecule has 4 nitrogen and oxygen atoms in total. The Bertz CT molecular complexity index is 906. The van der Waals surface area contributed by atoms with Crippen molar-refractivity contribution < 1.29 is 14.7 Å². The largest absolute Gasteiger partial charge is 0.507 e. The molecule has 1 aliphatic rings. The van der Waals surface area contributed by atoms with Crippen LogP contribution < -0.4 is 0 Å². The van der Waals surface area contributed by atoms with Crippen LogP contribution in [0.1, 0.15) is 62.6 Å². The lowest BCUT2D eigenvalue weighted by Crippen LogP contribution is -2.30. The lowest BCUT2D eigenvalue weighted by Gasteiger charge is -2.25. The Hall–Kier alpha value is -2.59. The van der Waals surface area contributed by atoms with E-state index >= 15 is 0 Å². The third-order valence-electron chi connectivity index (χ3n) is 5.53. The van der Waals surface area contributed by atoms with E-state index in [4.69, 9.17) is 11.6 Å². The number of aliphatic hydroxyl groups is 1. The molecule has 1 fully saturated rings. The Morgan fingerprint density at radius 3 is 2.23 bits per heavy atom. The van der Waals surface area contributed by atoms with Crippen LogP contribution in [0.5, 0.6) is 0 Å². The number of rotatable bonds is 9. The van der Waals surface area contributed by atoms with Crippen molar-refractivity contribution in [3.05, 3.63) is 76.3 Å². The lowest BCUT2D eigenvalue weighted by atomic mass is 9.95. The number of likely N-dealkylation sites (tertiary alicyclic amines) is 1. The highest BCUT2D eigenvalue weighted by Gasteiger charge is 2.45. The monoisotopic (exact) mass is 425 g/mol. The van der Waals surface area contributed by atoms with Crippen LogP contribution in [-0.2, 0) is 9.59 Å². The molecule has 0 spiro atoms. The molecule has 1 amide bonds. The molecule has 1 saturated heterocycles. The second-order valence-electron chi connectivity index (χ2n) is 7.68. The van der Waals surface area contributed by atoms with Gasteiger partial charge in [0.2, 0.25) is 0 Å². The molecule has 1 aliphatic heterocycles. The van der Waals surface area contributed by atoms with Crippen LogP contribution in [0.25, 0.3) is 5.76 Å². The van der Waals surface area contributed by atoms with Gasteiger partial charge in [0.1, 0.15) is 5.76 Å². The van der Waals surface area contributed by atoms with E-state index in [0.717, 1.165) is 24.8 Å². The molecule has 0 bridgehead atoms. The molecule has 1 heterocycles. The fourth-order valence-corrected chi connectivity index (χ4v) is 4.04. The van der Waals surface area contributed by atoms with Crippen molar-refractivity contribution in [3.63, 3.8) is 0 Å². The molecule has 3 rings (SSSR count). The van der Waals surface area contributed by atoms with Crippen molar-refractivity contribution in [2.75, 3.05) is 6.54 Å². The minimum atomic E-state index is -0.637. The standard InChI is InChI=1S/C25H28ClNO3/c1-2-3-4-5-6-10-17-27-22(18-11-8-7-9-12-18)21(24(29)25(27)30)23(28)19-13-15-20(26)16-14-19/h7-9,11-16,22,28H,2-6,10,17H2,1H3/b23-21+. The predicted octanol–water partition coefficient (Wildman–Crippen LogP) is 6.12. The summed E-state index contributed by atoms with van der Waals surface area (Å²) in [4.78, 5) is 27.4. The fraction of sp³-hybridized carbons (Fsp3) is 0.360. The van der Waals surface area contributed by atoms with E-state index in [9.17, 15) is 14.7 Å². The van der Waals surface area contributed by atoms with Crippen molar-refractivity contribution in [3.8, 4) is 0 Å². The topological polar surface area (TPSA) is 57.6 Å². The summed E-state index contributed by atoms with van der Waals surface area (Å²) < 4.78 is 0. The van der Waals surface area contributed by atoms with Crippen LogP contribution in [0, 0.1) is 0 Å². The van der Waals surface area contributed by atoms with Crippen LogP contribution >= 0.6 is 11.6 Å². The maximum Gasteiger partial charge on any atom is 0.295 e. The third kappa shape index (κ3) is 4.93. The van der Waals surface area contributed by atoms with Crippen LogP contribution in [0.15, 0.2) is 60.2 Å². The first-order valence-corrected chi connectivity index (χ1v) is 11.0. The van der Waals surface area contributed by atoms with Crippen molar-refractivity contribution in [1.29, 1.82) is 0 Å². The number of hydrogen-bond acceptors (Lipinski definition) is 3. The van der Waals surface area contributed by atoms with Crippen molar-refractivity contribution in [1.82, 2.24) is 4.90 Å². The Labute approximate surface area is 183 Å². The van der Waals surface area contributed by atoms with E-state index in [2.05, 4.69) is 6.92 Å². The van der Waals surface area contributed by atoms with Gasteiger partial charge in [-0.2, -0.15) is 0 Å². The molecule has 2 aromatic carbocycles. The average molecular weight is 426 g/mol. The summed E-state index contributed by atoms with van der Waals surface area (Å²) in [5.74, 6) is -1.35. The summed E-state index contributed by atoms with van der Waals surface area (Å²) in [7, 11) is 0. The number of hydrogen-bond donors (Lipinski definition) is 1. The molecule has 1 atom stereocenters. The van der Waals surface area contributed by atoms with Gasteiger partial charge in [0.05, 0.1) is 11.6 Å². The highest BCUT2D eigenvalue weighted by molar-refractivity contribution is 6.46. The zero-order valence-corrected chi connectivity index (χ0v) is 18.1. The molecule has 158 valence electrons. The van der Waals surface area contributed by atoms with Crippen LogP contribution in [0.4, 0.5) is 0 Å². The minimum Gasteiger partial charge on any atom is -0.507 e. The van der Waals surface area contributed by atoms with Crippen LogP contribution in [0.3, 0.4) is 0 Å². The van der Waals surface area contributed by atoms with Gasteiger partial charge in [-0.3, -0.25) is 9.59 Å². The Kier molecular flexibility index (Phi) is 7.69. The number of ketones is 1. The van der Waals surface area contributed by atoms with E-state index < -0.39 is 17.7 Å². The molecule has 0 aromatic heterocycles. The molecule has 0 aliphatic carbocycles. The molecular weight excluding hydrogens is 398 g/mol. The summed E-state index contributed by atoms with van der Waals surface area (Å²) >= 11 is 5.95. The zero-order valence-electron chi connectivity index (χ0n) is 17.3. The SMILES string of the molecule is CCCCCCCCN1C(=O)C(=O)/C(=C(/O)c2ccc(Cl)cc2)C1c1ccccc1. The Balaban J connectivity index is 1.91. The Morgan fingerprint density at radius 2 is 1.57 bits per heavy atom. The highest BCUT2D eigenvalue weighted by Crippen LogP contribution is 2.39. The van der Waals surface area contributed by atoms with Gasteiger partial charge in [-0.1, -0.05) is 81.0 Å². The number of benzene rings is 2. The first-order chi connectivity index (χ1) is 14.5. The molecule has 1 N–H and O–H groups in total. The number of nitrogens with zero attached hydrogens (tertiary/aromatic N) is 1. The quantitative estimate of drug-likeness (QED) is 0.228. The number of aliphatic hydroxyl groups excluding tert-OH is 1. The van der Waals surface area contributed by atoms with Crippen LogP contribution in [-0.4, -0.2) is 28.2 Å². The number of halogens is 1. The number of amides is 1. The van der Waals surface area contributed by atoms with Crippen molar-refractivity contribution >= 4 is 29.1 Å². The molecule has 30 heavy (non-hydrogen) atoms. The van der Waals surface area contributed by atoms with Gasteiger partial charge in [0.15, 0.2) is 0 Å². The molecule has 5 heteroatoms. The lowest BCUT2D eigenvalue weighted by molar-refractivity contribution is -0.139. The zero-order chi connectivity index (χ0) is 21.5. The molecule has 0 saturated carbocycles. The summed E-state index contributed by atoms with van der Waals surface area (Å²) in [6, 6.07) is 15.5. The molecule has 0 radical (unpaired) electrons. The van der Waals surface area contributed by atoms with E-state index in [1.54, 1.807) is 29.2 Å². The minimum absolute atomic E-state index is 0.138. The maximum atomic E-state index is 12.9. The van der Waals surface area contributed by atoms with E-state index in [0.29, 0.717) is 17.1 Å². The van der Waals surface area contributed by atoms with Crippen molar-refractivity contribution in [2.45, 2.75) is 51.5 Å². The number of Topliss-reactive ketones (excluding diaryl/α,β-unsaturated/α-hetero) is 1. The predicted molar refractivity (Wildman–Crippen MR) is 120 cm³/mol. The van der Waals surface area contributed by atoms with Gasteiger partial charge in [-0.25, -0.2) is 0 Å². The van der Waals surface area contributed by atoms with E-state index in [-0.39, 0.29) is 11.3 Å². The summed E-state index contributed by atoms with van der Waals surface area (Å²) in [6.07, 6.45) is 6.57. The maximum absolute atomic E-state index is 12.9. The third-order valence-corrected chi connectivity index (χ3v) is 5.78. The first kappa shape index (κ1) is 22.1. The highest BCUT2D eigenvalue weighted by atomic mass is 35.5. The van der Waals surface area contributed by atoms with E-state index in [1.165, 1.54) is 19.3 Å². The average Bonchev–Trinajstić information content (AvgIpc) is 3.01. The normalized spacial score (nSPS) is 18.2. The van der Waals surface area contributed by atoms with Gasteiger partial charge in [-0.15, -0.1) is 0 Å². The summed E-state index contributed by atoms with van der Waals surface area (Å²) in [5.41, 5.74) is 1.43. The van der Waals surface area contributed by atoms with Gasteiger partial charge in [0, 0.05) is 17.1 Å². The second kappa shape index (κ2) is 10.4. The number of carbonyl (C=O) groups is 2. The molecular formula is C25H28ClNO3. The second-order valence-corrected chi connectivity index (χ2v) is 8.11. The van der Waals surface area contributed by atoms with Gasteiger partial charge in [0.25, 0.3) is 11.7 Å².